The second-order valence-corrected chi connectivity index (χ2v) is 2.43. The molecule has 0 saturated carbocycles. The van der Waals surface area contributed by atoms with E-state index in [2.05, 4.69) is 10.4 Å². The van der Waals surface area contributed by atoms with E-state index < -0.39 is 0 Å². The van der Waals surface area contributed by atoms with E-state index in [1.54, 1.807) is 10.9 Å². The lowest BCUT2D eigenvalue weighted by Gasteiger charge is -1.93. The highest BCUT2D eigenvalue weighted by Crippen LogP contribution is 2.14. The molecule has 1 radical (unpaired) electrons. The van der Waals surface area contributed by atoms with E-state index in [0.29, 0.717) is 0 Å². The summed E-state index contributed by atoms with van der Waals surface area (Å²) in [4.78, 5) is 0. The lowest BCUT2D eigenvalue weighted by atomic mass is 10.3. The first-order chi connectivity index (χ1) is 5.36. The third-order valence-electron chi connectivity index (χ3n) is 1.55. The third-order valence-corrected chi connectivity index (χ3v) is 1.55. The first-order valence-electron chi connectivity index (χ1n) is 3.43. The summed E-state index contributed by atoms with van der Waals surface area (Å²) in [6.07, 6.45) is 9.42. The van der Waals surface area contributed by atoms with Gasteiger partial charge in [0.25, 0.3) is 0 Å². The van der Waals surface area contributed by atoms with Gasteiger partial charge in [-0.05, 0) is 12.2 Å². The maximum Gasteiger partial charge on any atom is 0.0734 e. The van der Waals surface area contributed by atoms with Crippen molar-refractivity contribution in [2.75, 3.05) is 0 Å². The molecule has 0 bridgehead atoms. The molecule has 0 fully saturated rings. The van der Waals surface area contributed by atoms with Gasteiger partial charge >= 0.3 is 0 Å². The third kappa shape index (κ3) is 1.05. The molecule has 0 atom stereocenters. The lowest BCUT2D eigenvalue weighted by molar-refractivity contribution is 0.767. The molecular weight excluding hydrogens is 138 g/mol. The first-order valence-corrected chi connectivity index (χ1v) is 3.43. The van der Waals surface area contributed by atoms with Gasteiger partial charge in [0.05, 0.1) is 11.9 Å². The zero-order chi connectivity index (χ0) is 7.68. The van der Waals surface area contributed by atoms with Crippen molar-refractivity contribution in [1.29, 1.82) is 0 Å². The van der Waals surface area contributed by atoms with Crippen LogP contribution in [0.3, 0.4) is 0 Å². The van der Waals surface area contributed by atoms with Crippen LogP contribution in [0.1, 0.15) is 5.56 Å². The SMILES string of the molecule is Cn1cc(C2=CC=C[N]2)cn1. The molecule has 0 N–H and O–H groups in total. The molecule has 0 aliphatic carbocycles. The molecule has 3 nitrogen and oxygen atoms in total. The van der Waals surface area contributed by atoms with Crippen LogP contribution in [0.25, 0.3) is 5.70 Å². The molecule has 1 aliphatic heterocycles. The summed E-state index contributed by atoms with van der Waals surface area (Å²) in [5, 5.41) is 8.20. The van der Waals surface area contributed by atoms with Gasteiger partial charge in [0.15, 0.2) is 0 Å². The van der Waals surface area contributed by atoms with Crippen molar-refractivity contribution >= 4 is 5.70 Å². The number of nitrogens with zero attached hydrogens (tertiary/aromatic N) is 3. The van der Waals surface area contributed by atoms with E-state index >= 15 is 0 Å². The maximum absolute atomic E-state index is 4.15. The minimum absolute atomic E-state index is 0.984. The normalized spacial score (nSPS) is 14.8. The van der Waals surface area contributed by atoms with Crippen LogP contribution in [0.15, 0.2) is 30.7 Å². The van der Waals surface area contributed by atoms with E-state index in [-0.39, 0.29) is 0 Å². The topological polar surface area (TPSA) is 31.9 Å². The number of hydrogen-bond acceptors (Lipinski definition) is 1. The Hall–Kier alpha value is -1.51. The van der Waals surface area contributed by atoms with Gasteiger partial charge in [-0.15, -0.1) is 0 Å². The van der Waals surface area contributed by atoms with Crippen LogP contribution in [0.5, 0.6) is 0 Å². The van der Waals surface area contributed by atoms with Crippen molar-refractivity contribution in [2.45, 2.75) is 0 Å². The molecule has 11 heavy (non-hydrogen) atoms. The largest absolute Gasteiger partial charge is 0.275 e. The molecule has 0 unspecified atom stereocenters. The predicted octanol–water partition coefficient (Wildman–Crippen LogP) is 0.893. The molecule has 1 aliphatic rings. The highest BCUT2D eigenvalue weighted by Gasteiger charge is 2.04. The fourth-order valence-corrected chi connectivity index (χ4v) is 1.02. The highest BCUT2D eigenvalue weighted by atomic mass is 15.2. The fraction of sp³-hybridized carbons (Fsp3) is 0.125. The molecular formula is C8H8N3. The van der Waals surface area contributed by atoms with Crippen molar-refractivity contribution in [3.8, 4) is 0 Å². The first kappa shape index (κ1) is 6.22. The Morgan fingerprint density at radius 1 is 1.45 bits per heavy atom. The van der Waals surface area contributed by atoms with Crippen molar-refractivity contribution in [1.82, 2.24) is 15.1 Å². The zero-order valence-electron chi connectivity index (χ0n) is 6.23. The van der Waals surface area contributed by atoms with Gasteiger partial charge in [-0.2, -0.15) is 5.10 Å². The quantitative estimate of drug-likeness (QED) is 0.579. The van der Waals surface area contributed by atoms with Crippen LogP contribution in [-0.2, 0) is 7.05 Å². The van der Waals surface area contributed by atoms with Crippen LogP contribution < -0.4 is 5.32 Å². The standard InChI is InChI=1S/C8H8N3/c1-11-6-7(5-10-11)8-3-2-4-9-8/h2-6H,1H3. The van der Waals surface area contributed by atoms with Gasteiger partial charge in [0, 0.05) is 25.0 Å². The Morgan fingerprint density at radius 2 is 2.36 bits per heavy atom. The number of allylic oxidation sites excluding steroid dienone is 2. The maximum atomic E-state index is 4.15. The molecule has 1 aromatic heterocycles. The average molecular weight is 146 g/mol. The van der Waals surface area contributed by atoms with Gasteiger partial charge in [0.2, 0.25) is 0 Å². The van der Waals surface area contributed by atoms with Crippen molar-refractivity contribution in [2.24, 2.45) is 7.05 Å². The molecule has 0 saturated heterocycles. The summed E-state index contributed by atoms with van der Waals surface area (Å²) in [6, 6.07) is 0. The summed E-state index contributed by atoms with van der Waals surface area (Å²) in [7, 11) is 1.90. The van der Waals surface area contributed by atoms with E-state index in [9.17, 15) is 0 Å². The molecule has 2 heterocycles. The van der Waals surface area contributed by atoms with Crippen molar-refractivity contribution in [3.05, 3.63) is 36.3 Å². The Kier molecular flexibility index (Phi) is 1.28. The van der Waals surface area contributed by atoms with E-state index in [1.165, 1.54) is 0 Å². The number of rotatable bonds is 1. The molecule has 2 rings (SSSR count). The van der Waals surface area contributed by atoms with Crippen LogP contribution in [-0.4, -0.2) is 9.78 Å². The summed E-state index contributed by atoms with van der Waals surface area (Å²) in [6.45, 7) is 0. The van der Waals surface area contributed by atoms with E-state index in [4.69, 9.17) is 0 Å². The minimum atomic E-state index is 0.984. The van der Waals surface area contributed by atoms with E-state index in [1.807, 2.05) is 31.6 Å². The van der Waals surface area contributed by atoms with Gasteiger partial charge in [-0.3, -0.25) is 10.00 Å². The molecule has 1 aromatic rings. The van der Waals surface area contributed by atoms with Crippen LogP contribution >= 0.6 is 0 Å². The van der Waals surface area contributed by atoms with E-state index in [0.717, 1.165) is 11.3 Å². The Balaban J connectivity index is 2.30. The average Bonchev–Trinajstić information content (AvgIpc) is 2.55. The Bertz CT molecular complexity index is 320. The molecule has 3 heteroatoms. The Morgan fingerprint density at radius 3 is 2.91 bits per heavy atom. The minimum Gasteiger partial charge on any atom is -0.275 e. The predicted molar refractivity (Wildman–Crippen MR) is 42.5 cm³/mol. The fourth-order valence-electron chi connectivity index (χ4n) is 1.02. The van der Waals surface area contributed by atoms with Crippen LogP contribution in [0.2, 0.25) is 0 Å². The van der Waals surface area contributed by atoms with Crippen molar-refractivity contribution < 1.29 is 0 Å². The second-order valence-electron chi connectivity index (χ2n) is 2.43. The molecule has 0 spiro atoms. The van der Waals surface area contributed by atoms with Crippen molar-refractivity contribution in [3.63, 3.8) is 0 Å². The van der Waals surface area contributed by atoms with Crippen LogP contribution in [0, 0.1) is 0 Å². The lowest BCUT2D eigenvalue weighted by Crippen LogP contribution is -1.89. The second kappa shape index (κ2) is 2.27. The zero-order valence-corrected chi connectivity index (χ0v) is 6.23. The van der Waals surface area contributed by atoms with Gasteiger partial charge in [0.1, 0.15) is 0 Å². The summed E-state index contributed by atoms with van der Waals surface area (Å²) >= 11 is 0. The van der Waals surface area contributed by atoms with Gasteiger partial charge in [-0.25, -0.2) is 0 Å². The Labute approximate surface area is 65.0 Å². The summed E-state index contributed by atoms with van der Waals surface area (Å²) in [5.74, 6) is 0. The highest BCUT2D eigenvalue weighted by molar-refractivity contribution is 5.67. The van der Waals surface area contributed by atoms with Crippen LogP contribution in [0.4, 0.5) is 0 Å². The van der Waals surface area contributed by atoms with Gasteiger partial charge < -0.3 is 0 Å². The molecule has 0 aromatic carbocycles. The van der Waals surface area contributed by atoms with Gasteiger partial charge in [-0.1, -0.05) is 0 Å². The smallest absolute Gasteiger partial charge is 0.0734 e. The number of aryl methyl sites for hydroxylation is 1. The summed E-state index contributed by atoms with van der Waals surface area (Å²) < 4.78 is 1.77. The number of aromatic nitrogens is 2. The molecule has 0 amide bonds. The molecule has 55 valence electrons. The number of hydrogen-bond donors (Lipinski definition) is 0. The summed E-state index contributed by atoms with van der Waals surface area (Å²) in [5.41, 5.74) is 2.05. The monoisotopic (exact) mass is 146 g/mol.